The summed E-state index contributed by atoms with van der Waals surface area (Å²) in [7, 11) is 0. The summed E-state index contributed by atoms with van der Waals surface area (Å²) >= 11 is 0. The molecule has 0 amide bonds. The van der Waals surface area contributed by atoms with Gasteiger partial charge in [-0.2, -0.15) is 0 Å². The second kappa shape index (κ2) is 3.20. The molecule has 0 radical (unpaired) electrons. The molecule has 10 rings (SSSR count). The summed E-state index contributed by atoms with van der Waals surface area (Å²) in [6.07, 6.45) is 12.3. The van der Waals surface area contributed by atoms with E-state index in [1.165, 1.54) is 12.8 Å². The molecule has 10 fully saturated rings. The maximum Gasteiger partial charge on any atom is 0.136 e. The van der Waals surface area contributed by atoms with Gasteiger partial charge in [-0.3, -0.25) is 4.79 Å². The highest BCUT2D eigenvalue weighted by Gasteiger charge is 2.99. The first kappa shape index (κ1) is 12.9. The molecule has 0 aromatic heterocycles. The number of carbonyl (C=O) groups excluding carboxylic acids is 1. The van der Waals surface area contributed by atoms with E-state index in [0.717, 1.165) is 65.1 Å². The van der Waals surface area contributed by atoms with Crippen molar-refractivity contribution in [3.63, 3.8) is 0 Å². The Morgan fingerprint density at radius 3 is 2.56 bits per heavy atom. The van der Waals surface area contributed by atoms with E-state index < -0.39 is 0 Å². The molecule has 132 valence electrons. The third kappa shape index (κ3) is 0.891. The Morgan fingerprint density at radius 2 is 1.68 bits per heavy atom. The number of Topliss-reactive ketones (excluding diaryl/α,β-unsaturated/α-hetero) is 1. The van der Waals surface area contributed by atoms with Gasteiger partial charge >= 0.3 is 0 Å². The Bertz CT molecular complexity index is 785. The van der Waals surface area contributed by atoms with E-state index in [2.05, 4.69) is 0 Å². The van der Waals surface area contributed by atoms with Crippen molar-refractivity contribution in [3.05, 3.63) is 0 Å². The predicted molar refractivity (Wildman–Crippen MR) is 93.3 cm³/mol. The van der Waals surface area contributed by atoms with Crippen molar-refractivity contribution in [1.82, 2.24) is 0 Å². The van der Waals surface area contributed by atoms with Gasteiger partial charge in [-0.15, -0.1) is 0 Å². The molecular weight excluding hydrogens is 304 g/mol. The number of carbonyl (C=O) groups is 1. The van der Waals surface area contributed by atoms with Crippen LogP contribution in [0.5, 0.6) is 0 Å². The molecule has 0 aromatic rings. The first-order chi connectivity index (χ1) is 12.1. The Morgan fingerprint density at radius 1 is 0.800 bits per heavy atom. The standard InChI is InChI=1S/C24H30O/c1-10(25)22-8-17-16-5-13-4-12-2-11-3-18-14(12)6-15(13)20(17)24(18)21(22)23(24,7-11)19(16)9-22/h11-21H,2-9H2,1H3. The van der Waals surface area contributed by atoms with Crippen LogP contribution >= 0.6 is 0 Å². The Hall–Kier alpha value is -0.330. The molecule has 2 spiro atoms. The fourth-order valence-electron chi connectivity index (χ4n) is 13.9. The highest BCUT2D eigenvalue weighted by Crippen LogP contribution is 3.03. The molecule has 1 heteroatoms. The smallest absolute Gasteiger partial charge is 0.136 e. The van der Waals surface area contributed by atoms with Crippen molar-refractivity contribution in [2.45, 2.75) is 58.3 Å². The van der Waals surface area contributed by atoms with Crippen LogP contribution in [0, 0.1) is 81.3 Å². The van der Waals surface area contributed by atoms with Gasteiger partial charge in [0.1, 0.15) is 5.78 Å². The minimum absolute atomic E-state index is 0.174. The Labute approximate surface area is 150 Å². The van der Waals surface area contributed by atoms with Crippen LogP contribution in [-0.4, -0.2) is 5.78 Å². The maximum atomic E-state index is 13.1. The van der Waals surface area contributed by atoms with Gasteiger partial charge in [0.15, 0.2) is 0 Å². The van der Waals surface area contributed by atoms with E-state index in [0.29, 0.717) is 16.6 Å². The van der Waals surface area contributed by atoms with Crippen LogP contribution in [0.4, 0.5) is 0 Å². The van der Waals surface area contributed by atoms with Gasteiger partial charge in [-0.1, -0.05) is 0 Å². The lowest BCUT2D eigenvalue weighted by atomic mass is 9.29. The van der Waals surface area contributed by atoms with Crippen molar-refractivity contribution < 1.29 is 4.79 Å². The van der Waals surface area contributed by atoms with Gasteiger partial charge in [0.25, 0.3) is 0 Å². The van der Waals surface area contributed by atoms with E-state index in [9.17, 15) is 4.79 Å². The second-order valence-corrected chi connectivity index (χ2v) is 12.7. The number of hydrogen-bond acceptors (Lipinski definition) is 1. The van der Waals surface area contributed by atoms with Crippen LogP contribution in [0.2, 0.25) is 0 Å². The zero-order valence-electron chi connectivity index (χ0n) is 15.4. The van der Waals surface area contributed by atoms with Gasteiger partial charge in [0.05, 0.1) is 0 Å². The van der Waals surface area contributed by atoms with Crippen LogP contribution in [0.15, 0.2) is 0 Å². The van der Waals surface area contributed by atoms with E-state index >= 15 is 0 Å². The molecule has 0 aliphatic heterocycles. The van der Waals surface area contributed by atoms with E-state index in [4.69, 9.17) is 0 Å². The molecule has 0 heterocycles. The van der Waals surface area contributed by atoms with Gasteiger partial charge in [-0.05, 0) is 134 Å². The molecule has 25 heavy (non-hydrogen) atoms. The van der Waals surface area contributed by atoms with Crippen molar-refractivity contribution in [3.8, 4) is 0 Å². The molecule has 10 saturated carbocycles. The fraction of sp³-hybridized carbons (Fsp3) is 0.958. The maximum absolute atomic E-state index is 13.1. The second-order valence-electron chi connectivity index (χ2n) is 12.7. The average Bonchev–Trinajstić information content (AvgIpc) is 3.15. The van der Waals surface area contributed by atoms with Gasteiger partial charge in [0.2, 0.25) is 0 Å². The Balaban J connectivity index is 1.41. The average molecular weight is 335 g/mol. The molecule has 10 bridgehead atoms. The van der Waals surface area contributed by atoms with E-state index in [1.807, 2.05) is 6.92 Å². The lowest BCUT2D eigenvalue weighted by Gasteiger charge is -2.75. The molecule has 10 aliphatic rings. The Kier molecular flexibility index (Phi) is 1.66. The van der Waals surface area contributed by atoms with Crippen LogP contribution in [-0.2, 0) is 4.79 Å². The van der Waals surface area contributed by atoms with Crippen molar-refractivity contribution in [2.75, 3.05) is 0 Å². The zero-order chi connectivity index (χ0) is 16.1. The minimum Gasteiger partial charge on any atom is -0.299 e. The monoisotopic (exact) mass is 334 g/mol. The van der Waals surface area contributed by atoms with Gasteiger partial charge in [-0.25, -0.2) is 0 Å². The third-order valence-corrected chi connectivity index (χ3v) is 13.3. The van der Waals surface area contributed by atoms with Crippen molar-refractivity contribution in [2.24, 2.45) is 81.3 Å². The summed E-state index contributed by atoms with van der Waals surface area (Å²) < 4.78 is 0. The number of fused-ring (bicyclic) bond motifs is 1. The van der Waals surface area contributed by atoms with Crippen LogP contribution in [0.1, 0.15) is 58.3 Å². The summed E-state index contributed by atoms with van der Waals surface area (Å²) in [5.41, 5.74) is 1.58. The topological polar surface area (TPSA) is 17.1 Å². The quantitative estimate of drug-likeness (QED) is 0.687. The number of rotatable bonds is 1. The summed E-state index contributed by atoms with van der Waals surface area (Å²) in [6.45, 7) is 2.00. The summed E-state index contributed by atoms with van der Waals surface area (Å²) in [5.74, 6) is 12.1. The minimum atomic E-state index is 0.174. The molecule has 0 saturated heterocycles. The van der Waals surface area contributed by atoms with Crippen molar-refractivity contribution in [1.29, 1.82) is 0 Å². The lowest BCUT2D eigenvalue weighted by molar-refractivity contribution is -0.266. The van der Waals surface area contributed by atoms with E-state index in [-0.39, 0.29) is 5.41 Å². The number of ketones is 1. The molecule has 14 atom stereocenters. The largest absolute Gasteiger partial charge is 0.299 e. The first-order valence-corrected chi connectivity index (χ1v) is 11.6. The summed E-state index contributed by atoms with van der Waals surface area (Å²) in [6, 6.07) is 0. The predicted octanol–water partition coefficient (Wildman–Crippen LogP) is 4.56. The van der Waals surface area contributed by atoms with Crippen LogP contribution in [0.25, 0.3) is 0 Å². The van der Waals surface area contributed by atoms with Crippen LogP contribution in [0.3, 0.4) is 0 Å². The zero-order valence-corrected chi connectivity index (χ0v) is 15.4. The van der Waals surface area contributed by atoms with Crippen LogP contribution < -0.4 is 0 Å². The highest BCUT2D eigenvalue weighted by molar-refractivity contribution is 5.86. The van der Waals surface area contributed by atoms with Gasteiger partial charge in [0, 0.05) is 5.41 Å². The lowest BCUT2D eigenvalue weighted by Crippen LogP contribution is -2.69. The fourth-order valence-corrected chi connectivity index (χ4v) is 13.9. The number of hydrogen-bond donors (Lipinski definition) is 0. The molecule has 14 unspecified atom stereocenters. The highest BCUT2D eigenvalue weighted by atomic mass is 16.1. The summed E-state index contributed by atoms with van der Waals surface area (Å²) in [4.78, 5) is 13.1. The molecule has 0 N–H and O–H groups in total. The first-order valence-electron chi connectivity index (χ1n) is 11.6. The summed E-state index contributed by atoms with van der Waals surface area (Å²) in [5, 5.41) is 0. The van der Waals surface area contributed by atoms with E-state index in [1.54, 1.807) is 38.5 Å². The molecule has 10 aliphatic carbocycles. The molecular formula is C24H30O. The normalized spacial score (nSPS) is 79.2. The van der Waals surface area contributed by atoms with Gasteiger partial charge < -0.3 is 0 Å². The third-order valence-electron chi connectivity index (χ3n) is 13.3. The van der Waals surface area contributed by atoms with Crippen molar-refractivity contribution >= 4 is 5.78 Å². The molecule has 0 aromatic carbocycles. The molecule has 1 nitrogen and oxygen atoms in total. The SMILES string of the molecule is CC(=O)C12CC3C4CC5CC6CC7CC8C6CC5C3C83C1C3(C7)C4C2.